The van der Waals surface area contributed by atoms with Gasteiger partial charge in [0.25, 0.3) is 0 Å². The molecule has 4 atom stereocenters. The van der Waals surface area contributed by atoms with E-state index in [1.165, 1.54) is 14.0 Å². The van der Waals surface area contributed by atoms with Crippen molar-refractivity contribution in [2.24, 2.45) is 5.92 Å². The first-order valence-corrected chi connectivity index (χ1v) is 10.6. The number of rotatable bonds is 3. The van der Waals surface area contributed by atoms with Crippen molar-refractivity contribution in [2.75, 3.05) is 7.11 Å². The van der Waals surface area contributed by atoms with E-state index in [-0.39, 0.29) is 0 Å². The first kappa shape index (κ1) is 18.3. The summed E-state index contributed by atoms with van der Waals surface area (Å²) in [6, 6.07) is 7.06. The minimum absolute atomic E-state index is 0.644. The van der Waals surface area contributed by atoms with Gasteiger partial charge in [-0.1, -0.05) is 35.0 Å². The number of hydrogen-bond donors (Lipinski definition) is 2. The molecule has 1 saturated heterocycles. The monoisotopic (exact) mass is 412 g/mol. The molecule has 1 aromatic rings. The SMILES string of the molecule is COP1(=O)OC(C)(P(=O)(O)O)C(C)C1(C)c1ccc(Br)cc1. The van der Waals surface area contributed by atoms with Gasteiger partial charge in [-0.2, -0.15) is 0 Å². The van der Waals surface area contributed by atoms with Gasteiger partial charge in [-0.15, -0.1) is 0 Å². The summed E-state index contributed by atoms with van der Waals surface area (Å²) in [5.74, 6) is -0.729. The lowest BCUT2D eigenvalue weighted by Gasteiger charge is -2.34. The summed E-state index contributed by atoms with van der Waals surface area (Å²) in [5.41, 5.74) is 0.644. The maximum atomic E-state index is 13.2. The molecule has 9 heteroatoms. The van der Waals surface area contributed by atoms with E-state index in [1.54, 1.807) is 38.1 Å². The zero-order valence-electron chi connectivity index (χ0n) is 12.7. The molecule has 22 heavy (non-hydrogen) atoms. The van der Waals surface area contributed by atoms with Gasteiger partial charge in [0.2, 0.25) is 0 Å². The Labute approximate surface area is 138 Å². The van der Waals surface area contributed by atoms with Crippen LogP contribution in [0.25, 0.3) is 0 Å². The molecule has 0 aromatic heterocycles. The van der Waals surface area contributed by atoms with Crippen molar-refractivity contribution in [3.8, 4) is 0 Å². The summed E-state index contributed by atoms with van der Waals surface area (Å²) in [5, 5.41) is -3.04. The van der Waals surface area contributed by atoms with Gasteiger partial charge < -0.3 is 14.3 Å². The van der Waals surface area contributed by atoms with E-state index in [0.29, 0.717) is 5.56 Å². The van der Waals surface area contributed by atoms with Crippen molar-refractivity contribution in [3.05, 3.63) is 34.3 Å². The van der Waals surface area contributed by atoms with Crippen LogP contribution in [0.5, 0.6) is 0 Å². The summed E-state index contributed by atoms with van der Waals surface area (Å²) in [7, 11) is -7.23. The minimum atomic E-state index is -4.67. The Balaban J connectivity index is 2.69. The fraction of sp³-hybridized carbons (Fsp3) is 0.538. The van der Waals surface area contributed by atoms with E-state index in [9.17, 15) is 18.9 Å². The third-order valence-corrected chi connectivity index (χ3v) is 9.96. The molecule has 1 aliphatic heterocycles. The molecule has 4 unspecified atom stereocenters. The number of halogens is 1. The van der Waals surface area contributed by atoms with Gasteiger partial charge in [-0.25, -0.2) is 0 Å². The maximum absolute atomic E-state index is 13.2. The zero-order chi connectivity index (χ0) is 17.0. The molecule has 124 valence electrons. The average molecular weight is 413 g/mol. The molecule has 0 spiro atoms. The maximum Gasteiger partial charge on any atom is 0.357 e. The number of hydrogen-bond acceptors (Lipinski definition) is 4. The van der Waals surface area contributed by atoms with Crippen LogP contribution >= 0.6 is 31.1 Å². The van der Waals surface area contributed by atoms with E-state index in [0.717, 1.165) is 4.47 Å². The molecule has 2 rings (SSSR count). The molecular weight excluding hydrogens is 394 g/mol. The summed E-state index contributed by atoms with van der Waals surface area (Å²) < 4.78 is 36.5. The summed E-state index contributed by atoms with van der Waals surface area (Å²) in [4.78, 5) is 19.4. The fourth-order valence-electron chi connectivity index (χ4n) is 2.90. The van der Waals surface area contributed by atoms with Crippen LogP contribution in [0.3, 0.4) is 0 Å². The lowest BCUT2D eigenvalue weighted by molar-refractivity contribution is 0.102. The third-order valence-electron chi connectivity index (χ3n) is 4.77. The Morgan fingerprint density at radius 2 is 1.82 bits per heavy atom. The predicted octanol–water partition coefficient (Wildman–Crippen LogP) is 4.06. The van der Waals surface area contributed by atoms with E-state index < -0.39 is 31.6 Å². The highest BCUT2D eigenvalue weighted by Crippen LogP contribution is 2.81. The first-order valence-electron chi connectivity index (χ1n) is 6.60. The molecule has 1 aromatic carbocycles. The highest BCUT2D eigenvalue weighted by atomic mass is 79.9. The van der Waals surface area contributed by atoms with Gasteiger partial charge in [-0.3, -0.25) is 13.7 Å². The minimum Gasteiger partial charge on any atom is -0.322 e. The van der Waals surface area contributed by atoms with Crippen LogP contribution in [0.15, 0.2) is 28.7 Å². The van der Waals surface area contributed by atoms with Crippen molar-refractivity contribution in [2.45, 2.75) is 31.3 Å². The zero-order valence-corrected chi connectivity index (χ0v) is 16.1. The van der Waals surface area contributed by atoms with Crippen LogP contribution in [-0.4, -0.2) is 22.2 Å². The third kappa shape index (κ3) is 2.39. The van der Waals surface area contributed by atoms with E-state index in [1.807, 2.05) is 0 Å². The molecule has 0 radical (unpaired) electrons. The topological polar surface area (TPSA) is 93.1 Å². The fourth-order valence-corrected chi connectivity index (χ4v) is 7.25. The van der Waals surface area contributed by atoms with Crippen molar-refractivity contribution >= 4 is 31.1 Å². The Bertz CT molecular complexity index is 672. The van der Waals surface area contributed by atoms with Crippen LogP contribution in [0.1, 0.15) is 26.3 Å². The highest BCUT2D eigenvalue weighted by Gasteiger charge is 2.71. The van der Waals surface area contributed by atoms with E-state index >= 15 is 0 Å². The first-order chi connectivity index (χ1) is 9.92. The Kier molecular flexibility index (Phi) is 4.60. The van der Waals surface area contributed by atoms with Crippen molar-refractivity contribution in [1.29, 1.82) is 0 Å². The van der Waals surface area contributed by atoms with Crippen LogP contribution < -0.4 is 0 Å². The van der Waals surface area contributed by atoms with Gasteiger partial charge in [0.15, 0.2) is 5.34 Å². The quantitative estimate of drug-likeness (QED) is 0.727. The van der Waals surface area contributed by atoms with Gasteiger partial charge in [-0.05, 0) is 31.5 Å². The van der Waals surface area contributed by atoms with Gasteiger partial charge in [0.05, 0.1) is 0 Å². The van der Waals surface area contributed by atoms with Crippen molar-refractivity contribution < 1.29 is 28.0 Å². The normalized spacial score (nSPS) is 39.1. The number of benzene rings is 1. The van der Waals surface area contributed by atoms with Crippen LogP contribution in [0.2, 0.25) is 0 Å². The van der Waals surface area contributed by atoms with Gasteiger partial charge in [0, 0.05) is 17.5 Å². The Morgan fingerprint density at radius 3 is 2.23 bits per heavy atom. The predicted molar refractivity (Wildman–Crippen MR) is 86.8 cm³/mol. The molecule has 0 aliphatic carbocycles. The molecule has 2 N–H and O–H groups in total. The van der Waals surface area contributed by atoms with Gasteiger partial charge >= 0.3 is 15.2 Å². The molecule has 1 aliphatic rings. The second kappa shape index (κ2) is 5.52. The second-order valence-corrected chi connectivity index (χ2v) is 11.1. The molecule has 6 nitrogen and oxygen atoms in total. The van der Waals surface area contributed by atoms with Crippen LogP contribution in [-0.2, 0) is 23.3 Å². The summed E-state index contributed by atoms with van der Waals surface area (Å²) in [6.45, 7) is 4.57. The van der Waals surface area contributed by atoms with Gasteiger partial charge in [0.1, 0.15) is 5.16 Å². The molecule has 0 amide bonds. The molecule has 0 bridgehead atoms. The van der Waals surface area contributed by atoms with Crippen LogP contribution in [0, 0.1) is 5.92 Å². The van der Waals surface area contributed by atoms with E-state index in [4.69, 9.17) is 9.05 Å². The lowest BCUT2D eigenvalue weighted by Crippen LogP contribution is -2.37. The van der Waals surface area contributed by atoms with Crippen molar-refractivity contribution in [3.63, 3.8) is 0 Å². The molecule has 0 saturated carbocycles. The Hall–Kier alpha value is -0.0000000000000000555. The van der Waals surface area contributed by atoms with Crippen LogP contribution in [0.4, 0.5) is 0 Å². The lowest BCUT2D eigenvalue weighted by atomic mass is 9.84. The highest BCUT2D eigenvalue weighted by molar-refractivity contribution is 9.10. The average Bonchev–Trinajstić information content (AvgIpc) is 2.60. The standard InChI is InChI=1S/C13H19BrO6P2/c1-9-12(2,10-5-7-11(14)8-6-10)22(18,19-4)20-13(9,3)21(15,16)17/h5-9H,1-4H3,(H2,15,16,17). The molecule has 1 heterocycles. The largest absolute Gasteiger partial charge is 0.357 e. The molecule has 1 fully saturated rings. The summed E-state index contributed by atoms with van der Waals surface area (Å²) in [6.07, 6.45) is 0. The molecular formula is C13H19BrO6P2. The summed E-state index contributed by atoms with van der Waals surface area (Å²) >= 11 is 3.33. The Morgan fingerprint density at radius 1 is 1.32 bits per heavy atom. The van der Waals surface area contributed by atoms with E-state index in [2.05, 4.69) is 15.9 Å². The smallest absolute Gasteiger partial charge is 0.322 e. The second-order valence-electron chi connectivity index (χ2n) is 5.75. The van der Waals surface area contributed by atoms with Crippen molar-refractivity contribution in [1.82, 2.24) is 0 Å².